The summed E-state index contributed by atoms with van der Waals surface area (Å²) in [5, 5.41) is 8.17. The molecule has 1 nitrogen and oxygen atoms in total. The van der Waals surface area contributed by atoms with E-state index in [0.717, 1.165) is 12.8 Å². The standard InChI is InChI=1S/C6H13O.Au/c1-2-3-4-5-6-7;/h6-7H,2-5H2,1H3;/q-1;+1. The zero-order valence-corrected chi connectivity index (χ0v) is 7.32. The van der Waals surface area contributed by atoms with Crippen LogP contribution in [-0.2, 0) is 22.4 Å². The molecule has 0 aromatic heterocycles. The Balaban J connectivity index is 0. The predicted molar refractivity (Wildman–Crippen MR) is 30.4 cm³/mol. The van der Waals surface area contributed by atoms with Gasteiger partial charge in [0, 0.05) is 0 Å². The van der Waals surface area contributed by atoms with Crippen molar-refractivity contribution in [3.63, 3.8) is 0 Å². The monoisotopic (exact) mass is 298 g/mol. The van der Waals surface area contributed by atoms with Crippen molar-refractivity contribution in [2.75, 3.05) is 0 Å². The molecule has 1 N–H and O–H groups in total. The number of rotatable bonds is 4. The van der Waals surface area contributed by atoms with E-state index in [1.807, 2.05) is 0 Å². The van der Waals surface area contributed by atoms with Crippen LogP contribution >= 0.6 is 0 Å². The first-order valence-electron chi connectivity index (χ1n) is 2.87. The number of hydrogen-bond acceptors (Lipinski definition) is 1. The maximum atomic E-state index is 8.17. The first-order chi connectivity index (χ1) is 3.41. The van der Waals surface area contributed by atoms with E-state index in [1.54, 1.807) is 0 Å². The SMILES string of the molecule is CCCCC[CH-]O.[Au+]. The van der Waals surface area contributed by atoms with E-state index in [2.05, 4.69) is 6.92 Å². The van der Waals surface area contributed by atoms with Gasteiger partial charge in [-0.1, -0.05) is 26.2 Å². The van der Waals surface area contributed by atoms with Crippen LogP contribution in [0.3, 0.4) is 0 Å². The Hall–Kier alpha value is 0.700. The molecule has 0 bridgehead atoms. The Morgan fingerprint density at radius 3 is 2.38 bits per heavy atom. The average Bonchev–Trinajstić information content (AvgIpc) is 1.69. The molecule has 0 heterocycles. The van der Waals surface area contributed by atoms with Gasteiger partial charge in [-0.2, -0.15) is 6.42 Å². The Kier molecular flexibility index (Phi) is 15.3. The molecule has 0 rings (SSSR count). The van der Waals surface area contributed by atoms with E-state index < -0.39 is 0 Å². The molecule has 0 unspecified atom stereocenters. The van der Waals surface area contributed by atoms with Gasteiger partial charge < -0.3 is 5.11 Å². The van der Waals surface area contributed by atoms with Crippen molar-refractivity contribution in [1.29, 1.82) is 0 Å². The number of aliphatic hydroxyl groups excluding tert-OH is 1. The summed E-state index contributed by atoms with van der Waals surface area (Å²) in [7, 11) is 0. The van der Waals surface area contributed by atoms with Crippen LogP contribution in [0.4, 0.5) is 0 Å². The molecule has 0 saturated carbocycles. The van der Waals surface area contributed by atoms with Gasteiger partial charge in [0.2, 0.25) is 0 Å². The van der Waals surface area contributed by atoms with E-state index in [4.69, 9.17) is 5.11 Å². The quantitative estimate of drug-likeness (QED) is 0.479. The van der Waals surface area contributed by atoms with Crippen molar-refractivity contribution in [1.82, 2.24) is 0 Å². The van der Waals surface area contributed by atoms with E-state index >= 15 is 0 Å². The molecule has 0 atom stereocenters. The van der Waals surface area contributed by atoms with E-state index in [9.17, 15) is 0 Å². The molecule has 0 radical (unpaired) electrons. The van der Waals surface area contributed by atoms with Gasteiger partial charge in [0.15, 0.2) is 0 Å². The fourth-order valence-corrected chi connectivity index (χ4v) is 0.486. The second-order valence-electron chi connectivity index (χ2n) is 1.68. The van der Waals surface area contributed by atoms with Crippen LogP contribution in [0.1, 0.15) is 32.6 Å². The average molecular weight is 298 g/mol. The maximum Gasteiger partial charge on any atom is 1.00 e. The van der Waals surface area contributed by atoms with Crippen LogP contribution in [0.25, 0.3) is 0 Å². The van der Waals surface area contributed by atoms with Gasteiger partial charge in [-0.15, -0.1) is 0 Å². The fourth-order valence-electron chi connectivity index (χ4n) is 0.486. The third-order valence-corrected chi connectivity index (χ3v) is 0.937. The van der Waals surface area contributed by atoms with E-state index in [-0.39, 0.29) is 22.4 Å². The van der Waals surface area contributed by atoms with Gasteiger partial charge in [0.05, 0.1) is 0 Å². The molecular weight excluding hydrogens is 285 g/mol. The van der Waals surface area contributed by atoms with Gasteiger partial charge in [-0.05, 0) is 0 Å². The van der Waals surface area contributed by atoms with Crippen LogP contribution in [0.5, 0.6) is 0 Å². The number of aliphatic hydroxyl groups is 1. The predicted octanol–water partition coefficient (Wildman–Crippen LogP) is 2.10. The zero-order chi connectivity index (χ0) is 5.54. The van der Waals surface area contributed by atoms with Crippen LogP contribution in [0, 0.1) is 6.61 Å². The van der Waals surface area contributed by atoms with Crippen molar-refractivity contribution < 1.29 is 27.5 Å². The van der Waals surface area contributed by atoms with Crippen molar-refractivity contribution >= 4 is 0 Å². The van der Waals surface area contributed by atoms with Gasteiger partial charge in [-0.3, -0.25) is 0 Å². The first-order valence-corrected chi connectivity index (χ1v) is 2.87. The second-order valence-corrected chi connectivity index (χ2v) is 1.68. The summed E-state index contributed by atoms with van der Waals surface area (Å²) < 4.78 is 0. The van der Waals surface area contributed by atoms with Crippen LogP contribution in [-0.4, -0.2) is 5.11 Å². The summed E-state index contributed by atoms with van der Waals surface area (Å²) >= 11 is 0. The van der Waals surface area contributed by atoms with Gasteiger partial charge >= 0.3 is 22.4 Å². The number of unbranched alkanes of at least 4 members (excludes halogenated alkanes) is 3. The topological polar surface area (TPSA) is 20.2 Å². The van der Waals surface area contributed by atoms with Crippen molar-refractivity contribution in [2.24, 2.45) is 0 Å². The molecule has 0 aliphatic rings. The molecule has 0 amide bonds. The van der Waals surface area contributed by atoms with Gasteiger partial charge in [0.1, 0.15) is 0 Å². The molecule has 0 aliphatic carbocycles. The molecule has 2 heteroatoms. The molecule has 0 aromatic rings. The summed E-state index contributed by atoms with van der Waals surface area (Å²) in [5.41, 5.74) is 0. The summed E-state index contributed by atoms with van der Waals surface area (Å²) in [5.74, 6) is 0. The summed E-state index contributed by atoms with van der Waals surface area (Å²) in [6.45, 7) is 3.38. The third-order valence-electron chi connectivity index (χ3n) is 0.937. The summed E-state index contributed by atoms with van der Waals surface area (Å²) in [6, 6.07) is 0. The fraction of sp³-hybridized carbons (Fsp3) is 0.833. The Morgan fingerprint density at radius 2 is 2.00 bits per heavy atom. The molecule has 0 fully saturated rings. The van der Waals surface area contributed by atoms with Crippen LogP contribution in [0.15, 0.2) is 0 Å². The van der Waals surface area contributed by atoms with E-state index in [1.165, 1.54) is 19.4 Å². The second kappa shape index (κ2) is 10.6. The van der Waals surface area contributed by atoms with Crippen molar-refractivity contribution in [3.05, 3.63) is 6.61 Å². The smallest absolute Gasteiger partial charge is 0.566 e. The normalized spacial score (nSPS) is 8.25. The van der Waals surface area contributed by atoms with Crippen molar-refractivity contribution in [2.45, 2.75) is 32.6 Å². The minimum atomic E-state index is 0. The molecule has 0 aliphatic heterocycles. The largest absolute Gasteiger partial charge is 1.00 e. The third kappa shape index (κ3) is 9.85. The van der Waals surface area contributed by atoms with Crippen molar-refractivity contribution in [3.8, 4) is 0 Å². The van der Waals surface area contributed by atoms with E-state index in [0.29, 0.717) is 0 Å². The maximum absolute atomic E-state index is 8.17. The molecule has 0 aromatic carbocycles. The zero-order valence-electron chi connectivity index (χ0n) is 5.15. The Morgan fingerprint density at radius 1 is 1.38 bits per heavy atom. The molecule has 8 heavy (non-hydrogen) atoms. The summed E-state index contributed by atoms with van der Waals surface area (Å²) in [6.07, 6.45) is 4.45. The van der Waals surface area contributed by atoms with Crippen LogP contribution in [0.2, 0.25) is 0 Å². The first kappa shape index (κ1) is 11.5. The molecule has 0 spiro atoms. The van der Waals surface area contributed by atoms with Gasteiger partial charge in [-0.25, -0.2) is 6.61 Å². The minimum Gasteiger partial charge on any atom is -0.566 e. The van der Waals surface area contributed by atoms with Gasteiger partial charge in [0.25, 0.3) is 0 Å². The molecular formula is C6H13AuO. The van der Waals surface area contributed by atoms with Crippen LogP contribution < -0.4 is 0 Å². The Labute approximate surface area is 67.0 Å². The minimum absolute atomic E-state index is 0. The Bertz CT molecular complexity index is 27.7. The molecule has 0 saturated heterocycles. The molecule has 54 valence electrons. The number of hydrogen-bond donors (Lipinski definition) is 1. The summed E-state index contributed by atoms with van der Waals surface area (Å²) in [4.78, 5) is 0.